The zero-order chi connectivity index (χ0) is 25.8. The van der Waals surface area contributed by atoms with E-state index < -0.39 is 29.2 Å². The third-order valence-electron chi connectivity index (χ3n) is 5.44. The Morgan fingerprint density at radius 2 is 2.25 bits per heavy atom. The van der Waals surface area contributed by atoms with Crippen molar-refractivity contribution in [2.75, 3.05) is 24.7 Å². The van der Waals surface area contributed by atoms with E-state index in [0.29, 0.717) is 17.7 Å². The van der Waals surface area contributed by atoms with Gasteiger partial charge in [0.1, 0.15) is 18.0 Å². The number of hydrogen-bond acceptors (Lipinski definition) is 12. The van der Waals surface area contributed by atoms with Crippen LogP contribution in [-0.2, 0) is 32.2 Å². The maximum Gasteiger partial charge on any atom is 0.278 e. The maximum atomic E-state index is 13.0. The van der Waals surface area contributed by atoms with Gasteiger partial charge in [0, 0.05) is 35.0 Å². The molecule has 0 bridgehead atoms. The summed E-state index contributed by atoms with van der Waals surface area (Å²) in [5, 5.41) is 27.2. The van der Waals surface area contributed by atoms with Gasteiger partial charge in [0.15, 0.2) is 23.6 Å². The van der Waals surface area contributed by atoms with E-state index in [1.807, 2.05) is 16.7 Å². The first kappa shape index (κ1) is 25.5. The van der Waals surface area contributed by atoms with Gasteiger partial charge in [-0.25, -0.2) is 0 Å². The topological polar surface area (TPSA) is 187 Å². The van der Waals surface area contributed by atoms with Crippen molar-refractivity contribution in [2.24, 2.45) is 5.16 Å². The Hall–Kier alpha value is -3.56. The van der Waals surface area contributed by atoms with Crippen molar-refractivity contribution in [3.05, 3.63) is 47.2 Å². The fourth-order valence-corrected chi connectivity index (χ4v) is 5.63. The van der Waals surface area contributed by atoms with Gasteiger partial charge in [0.2, 0.25) is 11.5 Å². The molecule has 2 atom stereocenters. The van der Waals surface area contributed by atoms with Crippen molar-refractivity contribution in [3.8, 4) is 0 Å². The van der Waals surface area contributed by atoms with Gasteiger partial charge >= 0.3 is 0 Å². The van der Waals surface area contributed by atoms with Crippen LogP contribution in [0.3, 0.4) is 0 Å². The molecule has 0 radical (unpaired) electrons. The highest BCUT2D eigenvalue weighted by Crippen LogP contribution is 2.40. The molecule has 15 heteroatoms. The number of nitrogens with zero attached hydrogens (tertiary/aromatic N) is 5. The van der Waals surface area contributed by atoms with E-state index >= 15 is 0 Å². The van der Waals surface area contributed by atoms with Crippen LogP contribution < -0.4 is 20.7 Å². The molecule has 2 aliphatic rings. The van der Waals surface area contributed by atoms with Crippen molar-refractivity contribution >= 4 is 51.9 Å². The van der Waals surface area contributed by atoms with Crippen molar-refractivity contribution < 1.29 is 34.0 Å². The molecule has 190 valence electrons. The Kier molecular flexibility index (Phi) is 7.81. The van der Waals surface area contributed by atoms with Crippen LogP contribution in [-0.4, -0.2) is 73.2 Å². The first-order valence-corrected chi connectivity index (χ1v) is 12.7. The van der Waals surface area contributed by atoms with Gasteiger partial charge in [0.05, 0.1) is 24.7 Å². The van der Waals surface area contributed by atoms with E-state index in [-0.39, 0.29) is 42.1 Å². The smallest absolute Gasteiger partial charge is 0.278 e. The van der Waals surface area contributed by atoms with Crippen LogP contribution >= 0.6 is 23.3 Å². The molecule has 0 aromatic carbocycles. The van der Waals surface area contributed by atoms with Crippen LogP contribution in [0.1, 0.15) is 18.4 Å². The van der Waals surface area contributed by atoms with Gasteiger partial charge in [-0.3, -0.25) is 14.5 Å². The van der Waals surface area contributed by atoms with Crippen molar-refractivity contribution in [2.45, 2.75) is 31.3 Å². The van der Waals surface area contributed by atoms with E-state index in [4.69, 9.17) is 10.6 Å². The minimum Gasteiger partial charge on any atom is -0.543 e. The maximum absolute atomic E-state index is 13.0. The van der Waals surface area contributed by atoms with Crippen LogP contribution in [0.4, 0.5) is 5.13 Å². The van der Waals surface area contributed by atoms with Crippen LogP contribution in [0.25, 0.3) is 0 Å². The number of aliphatic hydroxyl groups excluding tert-OH is 1. The van der Waals surface area contributed by atoms with E-state index in [0.717, 1.165) is 22.1 Å². The van der Waals surface area contributed by atoms with Gasteiger partial charge in [-0.2, -0.15) is 13.9 Å². The molecule has 36 heavy (non-hydrogen) atoms. The lowest BCUT2D eigenvalue weighted by Crippen LogP contribution is -2.71. The number of aliphatic carboxylic acids is 1. The second-order valence-corrected chi connectivity index (χ2v) is 9.60. The standard InChI is InChI=1S/C21H23N7O6S2/c1-2-34-25-13(16-24-21(22)36-26-16)17(30)23-14-18(31)28-15(20(32)33)11(10-35-19(14)28)9-27-7-4-3-5-12(27)6-8-29/h3-5,7,14,19,29H,2,6,8-10H2,1H3,(H3-,22,23,24,26,30,32,33)/t14?,19-/m0/s1. The lowest BCUT2D eigenvalue weighted by molar-refractivity contribution is -0.696. The van der Waals surface area contributed by atoms with Crippen LogP contribution in [0.2, 0.25) is 0 Å². The van der Waals surface area contributed by atoms with E-state index in [9.17, 15) is 24.6 Å². The van der Waals surface area contributed by atoms with E-state index in [1.54, 1.807) is 19.2 Å². The number of hydrogen-bond donors (Lipinski definition) is 3. The average Bonchev–Trinajstić information content (AvgIpc) is 3.29. The molecule has 0 spiro atoms. The number of nitrogen functional groups attached to an aromatic ring is 1. The summed E-state index contributed by atoms with van der Waals surface area (Å²) in [4.78, 5) is 48.1. The summed E-state index contributed by atoms with van der Waals surface area (Å²) in [6, 6.07) is 4.47. The van der Waals surface area contributed by atoms with E-state index in [2.05, 4.69) is 19.8 Å². The third-order valence-corrected chi connectivity index (χ3v) is 7.33. The number of anilines is 1. The number of carbonyl (C=O) groups excluding carboxylic acids is 3. The highest BCUT2D eigenvalue weighted by Gasteiger charge is 2.53. The van der Waals surface area contributed by atoms with Crippen molar-refractivity contribution in [1.29, 1.82) is 0 Å². The first-order chi connectivity index (χ1) is 17.3. The Bertz CT molecular complexity index is 1250. The summed E-state index contributed by atoms with van der Waals surface area (Å²) in [5.41, 5.74) is 6.45. The molecule has 0 aliphatic carbocycles. The fourth-order valence-electron chi connectivity index (χ4n) is 3.86. The number of carboxylic acid groups (broad SMARTS) is 1. The number of nitrogens with one attached hydrogen (secondary N) is 1. The monoisotopic (exact) mass is 533 g/mol. The average molecular weight is 534 g/mol. The van der Waals surface area contributed by atoms with Crippen LogP contribution in [0.15, 0.2) is 40.8 Å². The number of thioether (sulfide) groups is 1. The number of pyridine rings is 1. The molecule has 4 rings (SSSR count). The highest BCUT2D eigenvalue weighted by atomic mass is 32.2. The molecule has 2 amide bonds. The molecule has 2 aromatic rings. The number of carbonyl (C=O) groups is 3. The molecular formula is C21H23N7O6S2. The lowest BCUT2D eigenvalue weighted by atomic mass is 10.0. The third kappa shape index (κ3) is 5.03. The summed E-state index contributed by atoms with van der Waals surface area (Å²) in [7, 11) is 0. The summed E-state index contributed by atoms with van der Waals surface area (Å²) in [6.07, 6.45) is 2.17. The lowest BCUT2D eigenvalue weighted by Gasteiger charge is -2.50. The normalized spacial score (nSPS) is 19.6. The van der Waals surface area contributed by atoms with Gasteiger partial charge in [-0.15, -0.1) is 11.8 Å². The molecule has 1 fully saturated rings. The minimum atomic E-state index is -1.48. The molecule has 0 saturated carbocycles. The van der Waals surface area contributed by atoms with E-state index in [1.165, 1.54) is 11.8 Å². The summed E-state index contributed by atoms with van der Waals surface area (Å²) in [6.45, 7) is 2.02. The largest absolute Gasteiger partial charge is 0.543 e. The molecular weight excluding hydrogens is 510 g/mol. The van der Waals surface area contributed by atoms with Crippen molar-refractivity contribution in [1.82, 2.24) is 19.6 Å². The highest BCUT2D eigenvalue weighted by molar-refractivity contribution is 8.00. The molecule has 4 N–H and O–H groups in total. The second kappa shape index (κ2) is 11.0. The Morgan fingerprint density at radius 3 is 2.92 bits per heavy atom. The summed E-state index contributed by atoms with van der Waals surface area (Å²) in [5.74, 6) is -2.56. The fraction of sp³-hybridized carbons (Fsp3) is 0.381. The first-order valence-electron chi connectivity index (χ1n) is 10.9. The van der Waals surface area contributed by atoms with Crippen LogP contribution in [0, 0.1) is 0 Å². The zero-order valence-electron chi connectivity index (χ0n) is 19.1. The Labute approximate surface area is 213 Å². The summed E-state index contributed by atoms with van der Waals surface area (Å²) < 4.78 is 5.79. The zero-order valence-corrected chi connectivity index (χ0v) is 20.8. The number of amides is 2. The van der Waals surface area contributed by atoms with Gasteiger partial charge in [-0.05, 0) is 6.92 Å². The van der Waals surface area contributed by atoms with Crippen LogP contribution in [0.5, 0.6) is 0 Å². The molecule has 1 unspecified atom stereocenters. The molecule has 1 saturated heterocycles. The quantitative estimate of drug-likeness (QED) is 0.131. The molecule has 4 heterocycles. The molecule has 13 nitrogen and oxygen atoms in total. The predicted molar refractivity (Wildman–Crippen MR) is 127 cm³/mol. The van der Waals surface area contributed by atoms with Gasteiger partial charge < -0.3 is 30.9 Å². The number of aliphatic hydroxyl groups is 1. The number of β-lactam (4-membered cyclic amide) rings is 1. The number of fused-ring (bicyclic) bond motifs is 1. The van der Waals surface area contributed by atoms with Gasteiger partial charge in [-0.1, -0.05) is 11.2 Å². The second-order valence-electron chi connectivity index (χ2n) is 7.71. The minimum absolute atomic E-state index is 0.0421. The SMILES string of the molecule is CCON=C(C(=O)NC1C(=O)N2C(C(=O)[O-])=C(C[n+]3ccccc3CCO)CS[C@@H]12)c1nsc(N)n1. The predicted octanol–water partition coefficient (Wildman–Crippen LogP) is -2.21. The van der Waals surface area contributed by atoms with Gasteiger partial charge in [0.25, 0.3) is 11.8 Å². The number of oxime groups is 1. The Balaban J connectivity index is 1.54. The summed E-state index contributed by atoms with van der Waals surface area (Å²) >= 11 is 2.20. The number of nitrogens with two attached hydrogens (primary N) is 1. The Morgan fingerprint density at radius 1 is 1.44 bits per heavy atom. The van der Waals surface area contributed by atoms with Crippen molar-refractivity contribution in [3.63, 3.8) is 0 Å². The number of aromatic nitrogens is 3. The molecule has 2 aromatic heterocycles. The number of carboxylic acids is 1. The molecule has 2 aliphatic heterocycles. The number of rotatable bonds is 10.